The van der Waals surface area contributed by atoms with Crippen LogP contribution in [0.2, 0.25) is 0 Å². The molecule has 2 heterocycles. The van der Waals surface area contributed by atoms with E-state index in [4.69, 9.17) is 5.73 Å². The molecule has 3 N–H and O–H groups in total. The van der Waals surface area contributed by atoms with E-state index >= 15 is 0 Å². The largest absolute Gasteiger partial charge is 0.368 e. The first-order valence-electron chi connectivity index (χ1n) is 11.1. The van der Waals surface area contributed by atoms with E-state index in [1.807, 2.05) is 24.3 Å². The number of hydrazone groups is 1. The number of nitrogens with one attached hydrogen (secondary N) is 1. The highest BCUT2D eigenvalue weighted by Gasteiger charge is 2.35. The highest BCUT2D eigenvalue weighted by Crippen LogP contribution is 2.29. The normalized spacial score (nSPS) is 16.6. The first kappa shape index (κ1) is 22.3. The SMILES string of the molecule is NC(=O)C1CC(C(=O)Nc2ccc(C(=O)N3CCc4ccccc43)cc2)=NN1c1ccc(F)cc1. The molecule has 8 nitrogen and oxygen atoms in total. The molecule has 0 fully saturated rings. The van der Waals surface area contributed by atoms with E-state index in [-0.39, 0.29) is 18.0 Å². The van der Waals surface area contributed by atoms with Gasteiger partial charge in [-0.15, -0.1) is 0 Å². The molecule has 2 aliphatic rings. The monoisotopic (exact) mass is 471 g/mol. The fourth-order valence-electron chi connectivity index (χ4n) is 4.31. The maximum absolute atomic E-state index is 13.3. The molecule has 3 aromatic rings. The minimum Gasteiger partial charge on any atom is -0.368 e. The van der Waals surface area contributed by atoms with Crippen LogP contribution in [0.1, 0.15) is 22.3 Å². The zero-order chi connectivity index (χ0) is 24.5. The standard InChI is InChI=1S/C26H22FN5O3/c27-18-7-11-20(12-8-18)32-23(24(28)33)15-21(30-32)25(34)29-19-9-5-17(6-10-19)26(35)31-14-13-16-3-1-2-4-22(16)31/h1-12,23H,13-15H2,(H2,28,33)(H,29,34). The van der Waals surface area contributed by atoms with Crippen LogP contribution in [0, 0.1) is 5.82 Å². The molecule has 0 aromatic heterocycles. The molecule has 3 aromatic carbocycles. The first-order valence-corrected chi connectivity index (χ1v) is 11.1. The topological polar surface area (TPSA) is 108 Å². The van der Waals surface area contributed by atoms with Gasteiger partial charge in [-0.25, -0.2) is 4.39 Å². The summed E-state index contributed by atoms with van der Waals surface area (Å²) < 4.78 is 13.3. The Kier molecular flexibility index (Phi) is 5.74. The van der Waals surface area contributed by atoms with Crippen molar-refractivity contribution in [3.63, 3.8) is 0 Å². The van der Waals surface area contributed by atoms with E-state index in [0.29, 0.717) is 23.5 Å². The number of anilines is 3. The zero-order valence-electron chi connectivity index (χ0n) is 18.6. The van der Waals surface area contributed by atoms with Gasteiger partial charge in [0.05, 0.1) is 5.69 Å². The summed E-state index contributed by atoms with van der Waals surface area (Å²) in [5, 5.41) is 8.33. The quantitative estimate of drug-likeness (QED) is 0.596. The highest BCUT2D eigenvalue weighted by atomic mass is 19.1. The number of hydrogen-bond donors (Lipinski definition) is 2. The van der Waals surface area contributed by atoms with Crippen LogP contribution in [-0.4, -0.2) is 36.0 Å². The molecule has 3 amide bonds. The van der Waals surface area contributed by atoms with Crippen LogP contribution in [-0.2, 0) is 16.0 Å². The molecular weight excluding hydrogens is 449 g/mol. The lowest BCUT2D eigenvalue weighted by molar-refractivity contribution is -0.119. The van der Waals surface area contributed by atoms with Crippen molar-refractivity contribution in [1.29, 1.82) is 0 Å². The fourth-order valence-corrected chi connectivity index (χ4v) is 4.31. The lowest BCUT2D eigenvalue weighted by Crippen LogP contribution is -2.39. The molecule has 35 heavy (non-hydrogen) atoms. The van der Waals surface area contributed by atoms with Crippen molar-refractivity contribution >= 4 is 40.5 Å². The van der Waals surface area contributed by atoms with E-state index in [1.54, 1.807) is 29.2 Å². The van der Waals surface area contributed by atoms with Crippen LogP contribution in [0.4, 0.5) is 21.5 Å². The maximum Gasteiger partial charge on any atom is 0.271 e. The Bertz CT molecular complexity index is 1340. The number of hydrogen-bond acceptors (Lipinski definition) is 5. The second kappa shape index (κ2) is 9.02. The fraction of sp³-hybridized carbons (Fsp3) is 0.154. The van der Waals surface area contributed by atoms with Crippen molar-refractivity contribution in [1.82, 2.24) is 0 Å². The minimum atomic E-state index is -0.857. The molecule has 5 rings (SSSR count). The van der Waals surface area contributed by atoms with E-state index in [2.05, 4.69) is 10.4 Å². The van der Waals surface area contributed by atoms with Gasteiger partial charge in [-0.05, 0) is 66.6 Å². The summed E-state index contributed by atoms with van der Waals surface area (Å²) in [6.07, 6.45) is 0.836. The van der Waals surface area contributed by atoms with Crippen molar-refractivity contribution in [2.24, 2.45) is 10.8 Å². The van der Waals surface area contributed by atoms with Gasteiger partial charge in [-0.1, -0.05) is 18.2 Å². The molecule has 0 saturated heterocycles. The van der Waals surface area contributed by atoms with Crippen LogP contribution in [0.5, 0.6) is 0 Å². The molecule has 0 bridgehead atoms. The molecule has 0 spiro atoms. The van der Waals surface area contributed by atoms with Gasteiger partial charge in [-0.3, -0.25) is 19.4 Å². The van der Waals surface area contributed by atoms with E-state index in [0.717, 1.165) is 17.7 Å². The summed E-state index contributed by atoms with van der Waals surface area (Å²) in [5.74, 6) is -1.67. The van der Waals surface area contributed by atoms with Gasteiger partial charge in [0, 0.05) is 29.9 Å². The molecule has 1 atom stereocenters. The van der Waals surface area contributed by atoms with Gasteiger partial charge in [0.1, 0.15) is 17.6 Å². The second-order valence-electron chi connectivity index (χ2n) is 8.36. The van der Waals surface area contributed by atoms with Gasteiger partial charge in [-0.2, -0.15) is 5.10 Å². The summed E-state index contributed by atoms with van der Waals surface area (Å²) in [5.41, 5.74) is 9.12. The molecule has 2 aliphatic heterocycles. The second-order valence-corrected chi connectivity index (χ2v) is 8.36. The molecule has 0 aliphatic carbocycles. The Morgan fingerprint density at radius 2 is 1.69 bits per heavy atom. The Morgan fingerprint density at radius 3 is 2.40 bits per heavy atom. The Hall–Kier alpha value is -4.53. The summed E-state index contributed by atoms with van der Waals surface area (Å²) in [6, 6.07) is 19.0. The number of para-hydroxylation sites is 1. The predicted octanol–water partition coefficient (Wildman–Crippen LogP) is 3.09. The Balaban J connectivity index is 1.28. The van der Waals surface area contributed by atoms with Crippen molar-refractivity contribution in [3.05, 3.63) is 89.7 Å². The number of halogens is 1. The molecule has 0 saturated carbocycles. The third kappa shape index (κ3) is 4.35. The van der Waals surface area contributed by atoms with Crippen LogP contribution in [0.15, 0.2) is 77.9 Å². The smallest absolute Gasteiger partial charge is 0.271 e. The predicted molar refractivity (Wildman–Crippen MR) is 131 cm³/mol. The van der Waals surface area contributed by atoms with Crippen LogP contribution in [0.3, 0.4) is 0 Å². The van der Waals surface area contributed by atoms with Crippen molar-refractivity contribution in [3.8, 4) is 0 Å². The maximum atomic E-state index is 13.3. The molecule has 1 unspecified atom stereocenters. The molecule has 176 valence electrons. The first-order chi connectivity index (χ1) is 16.9. The van der Waals surface area contributed by atoms with Gasteiger partial charge in [0.25, 0.3) is 11.8 Å². The third-order valence-electron chi connectivity index (χ3n) is 6.11. The third-order valence-corrected chi connectivity index (χ3v) is 6.11. The minimum absolute atomic E-state index is 0.0173. The Labute approximate surface area is 200 Å². The number of primary amides is 1. The number of nitrogens with zero attached hydrogens (tertiary/aromatic N) is 3. The molecule has 9 heteroatoms. The summed E-state index contributed by atoms with van der Waals surface area (Å²) in [6.45, 7) is 0.627. The number of amides is 3. The van der Waals surface area contributed by atoms with Crippen molar-refractivity contribution in [2.75, 3.05) is 21.8 Å². The number of nitrogens with two attached hydrogens (primary N) is 1. The van der Waals surface area contributed by atoms with E-state index in [1.165, 1.54) is 29.3 Å². The number of benzene rings is 3. The Morgan fingerprint density at radius 1 is 0.971 bits per heavy atom. The number of carbonyl (C=O) groups is 3. The lowest BCUT2D eigenvalue weighted by Gasteiger charge is -2.20. The molecule has 0 radical (unpaired) electrons. The zero-order valence-corrected chi connectivity index (χ0v) is 18.6. The van der Waals surface area contributed by atoms with Gasteiger partial charge in [0.2, 0.25) is 5.91 Å². The summed E-state index contributed by atoms with van der Waals surface area (Å²) >= 11 is 0. The van der Waals surface area contributed by atoms with Crippen LogP contribution >= 0.6 is 0 Å². The average Bonchev–Trinajstić information content (AvgIpc) is 3.50. The van der Waals surface area contributed by atoms with E-state index in [9.17, 15) is 18.8 Å². The van der Waals surface area contributed by atoms with Crippen LogP contribution in [0.25, 0.3) is 0 Å². The van der Waals surface area contributed by atoms with Crippen molar-refractivity contribution < 1.29 is 18.8 Å². The molecular formula is C26H22FN5O3. The van der Waals surface area contributed by atoms with Crippen molar-refractivity contribution in [2.45, 2.75) is 18.9 Å². The average molecular weight is 471 g/mol. The number of fused-ring (bicyclic) bond motifs is 1. The summed E-state index contributed by atoms with van der Waals surface area (Å²) in [4.78, 5) is 39.5. The summed E-state index contributed by atoms with van der Waals surface area (Å²) in [7, 11) is 0. The van der Waals surface area contributed by atoms with Crippen LogP contribution < -0.4 is 21.0 Å². The highest BCUT2D eigenvalue weighted by molar-refractivity contribution is 6.44. The number of rotatable bonds is 5. The lowest BCUT2D eigenvalue weighted by atomic mass is 10.1. The number of carbonyl (C=O) groups excluding carboxylic acids is 3. The van der Waals surface area contributed by atoms with Gasteiger partial charge < -0.3 is 16.0 Å². The van der Waals surface area contributed by atoms with Gasteiger partial charge >= 0.3 is 0 Å². The van der Waals surface area contributed by atoms with E-state index < -0.39 is 23.7 Å². The van der Waals surface area contributed by atoms with Gasteiger partial charge in [0.15, 0.2) is 0 Å².